The molecule has 4 aromatic carbocycles. The molecule has 2 aromatic heterocycles. The molecule has 4 N–H and O–H groups in total. The summed E-state index contributed by atoms with van der Waals surface area (Å²) >= 11 is 24.3. The van der Waals surface area contributed by atoms with Crippen LogP contribution in [0.25, 0.3) is 21.8 Å². The van der Waals surface area contributed by atoms with Gasteiger partial charge in [-0.25, -0.2) is 8.78 Å². The van der Waals surface area contributed by atoms with Crippen molar-refractivity contribution in [3.8, 4) is 11.5 Å². The molecule has 0 aliphatic heterocycles. The maximum Gasteiger partial charge on any atom is 0.311 e. The minimum absolute atomic E-state index is 0.0230. The third kappa shape index (κ3) is 6.42. The van der Waals surface area contributed by atoms with Crippen LogP contribution in [0.1, 0.15) is 67.9 Å². The van der Waals surface area contributed by atoms with Crippen molar-refractivity contribution in [3.05, 3.63) is 126 Å². The van der Waals surface area contributed by atoms with Crippen LogP contribution in [0.5, 0.6) is 11.5 Å². The molecule has 54 heavy (non-hydrogen) atoms. The number of fused-ring (bicyclic) bond motifs is 2. The molecule has 0 fully saturated rings. The predicted octanol–water partition coefficient (Wildman–Crippen LogP) is 9.71. The lowest BCUT2D eigenvalue weighted by atomic mass is 9.85. The van der Waals surface area contributed by atoms with Crippen molar-refractivity contribution in [1.82, 2.24) is 9.13 Å². The molecule has 0 saturated carbocycles. The molecule has 2 heterocycles. The van der Waals surface area contributed by atoms with E-state index in [9.17, 15) is 39.6 Å². The second kappa shape index (κ2) is 14.6. The largest absolute Gasteiger partial charge is 0.505 e. The van der Waals surface area contributed by atoms with Gasteiger partial charge in [0.1, 0.15) is 0 Å². The Morgan fingerprint density at radius 2 is 0.944 bits per heavy atom. The summed E-state index contributed by atoms with van der Waals surface area (Å²) in [6.07, 6.45) is -1.04. The molecule has 0 saturated heterocycles. The number of phenols is 2. The number of nitrogens with zero attached hydrogens (tertiary/aromatic N) is 2. The molecule has 0 aliphatic rings. The van der Waals surface area contributed by atoms with Crippen LogP contribution in [0.2, 0.25) is 20.1 Å². The minimum Gasteiger partial charge on any atom is -0.505 e. The Labute approximate surface area is 324 Å². The van der Waals surface area contributed by atoms with Crippen LogP contribution in [0.3, 0.4) is 0 Å². The standard InChI is InChI=1S/C38H26Cl4F2N2O8/c1-15-29(31-25(9-11-27(47)33(31)43)45(15)35(49)17-3-7-21(39)23(41)13-17)19(37(51)52)5-6-20(38(53)54)30-16(2)46(26-10-12-28(48)34(44)32(26)30)36(50)18-4-8-22(40)24(42)14-18/h3-4,7-14,19-20,47-48H,5-6H2,1-2H3,(H,51,52)(H,53,54). The second-order valence-electron chi connectivity index (χ2n) is 12.5. The molecule has 2 atom stereocenters. The summed E-state index contributed by atoms with van der Waals surface area (Å²) in [5.41, 5.74) is -0.631. The van der Waals surface area contributed by atoms with E-state index in [1.807, 2.05) is 0 Å². The molecule has 10 nitrogen and oxygen atoms in total. The lowest BCUT2D eigenvalue weighted by Crippen LogP contribution is -2.20. The first-order valence-corrected chi connectivity index (χ1v) is 17.5. The van der Waals surface area contributed by atoms with Gasteiger partial charge in [-0.15, -0.1) is 0 Å². The zero-order valence-electron chi connectivity index (χ0n) is 27.9. The summed E-state index contributed by atoms with van der Waals surface area (Å²) in [6, 6.07) is 12.5. The number of aromatic hydroxyl groups is 2. The van der Waals surface area contributed by atoms with Crippen molar-refractivity contribution < 1.29 is 48.4 Å². The second-order valence-corrected chi connectivity index (χ2v) is 14.1. The Kier molecular flexibility index (Phi) is 10.4. The third-order valence-electron chi connectivity index (χ3n) is 9.45. The summed E-state index contributed by atoms with van der Waals surface area (Å²) in [4.78, 5) is 53.7. The van der Waals surface area contributed by atoms with Gasteiger partial charge in [0.05, 0.1) is 43.0 Å². The van der Waals surface area contributed by atoms with Crippen LogP contribution in [-0.2, 0) is 9.59 Å². The Hall–Kier alpha value is -5.14. The number of carboxylic acid groups (broad SMARTS) is 2. The number of halogens is 6. The highest BCUT2D eigenvalue weighted by Gasteiger charge is 2.36. The van der Waals surface area contributed by atoms with Crippen molar-refractivity contribution in [3.63, 3.8) is 0 Å². The van der Waals surface area contributed by atoms with Gasteiger partial charge in [-0.2, -0.15) is 0 Å². The number of phenolic OH excluding ortho intramolecular Hbond substituents is 2. The maximum atomic E-state index is 15.8. The summed E-state index contributed by atoms with van der Waals surface area (Å²) in [7, 11) is 0. The number of rotatable bonds is 9. The smallest absolute Gasteiger partial charge is 0.311 e. The van der Waals surface area contributed by atoms with E-state index < -0.39 is 82.3 Å². The van der Waals surface area contributed by atoms with E-state index in [-0.39, 0.29) is 64.8 Å². The summed E-state index contributed by atoms with van der Waals surface area (Å²) in [5, 5.41) is 41.4. The molecule has 6 aromatic rings. The fraction of sp³-hybridized carbons (Fsp3) is 0.158. The fourth-order valence-electron chi connectivity index (χ4n) is 6.97. The van der Waals surface area contributed by atoms with Gasteiger partial charge in [0.15, 0.2) is 23.1 Å². The van der Waals surface area contributed by atoms with Crippen LogP contribution in [0.15, 0.2) is 60.7 Å². The van der Waals surface area contributed by atoms with Crippen molar-refractivity contribution >= 4 is 92.0 Å². The van der Waals surface area contributed by atoms with Crippen molar-refractivity contribution in [1.29, 1.82) is 0 Å². The number of hydrogen-bond acceptors (Lipinski definition) is 6. The van der Waals surface area contributed by atoms with E-state index in [0.29, 0.717) is 0 Å². The number of carboxylic acids is 2. The average Bonchev–Trinajstić information content (AvgIpc) is 3.58. The van der Waals surface area contributed by atoms with Gasteiger partial charge in [0.2, 0.25) is 0 Å². The van der Waals surface area contributed by atoms with Crippen molar-refractivity contribution in [2.75, 3.05) is 0 Å². The fourth-order valence-corrected chi connectivity index (χ4v) is 7.56. The highest BCUT2D eigenvalue weighted by atomic mass is 35.5. The zero-order valence-corrected chi connectivity index (χ0v) is 31.0. The lowest BCUT2D eigenvalue weighted by Gasteiger charge is -2.19. The van der Waals surface area contributed by atoms with Gasteiger partial charge in [-0.3, -0.25) is 28.3 Å². The Morgan fingerprint density at radius 3 is 1.26 bits per heavy atom. The van der Waals surface area contributed by atoms with Crippen LogP contribution in [0.4, 0.5) is 8.78 Å². The van der Waals surface area contributed by atoms with Crippen molar-refractivity contribution in [2.24, 2.45) is 0 Å². The molecule has 0 aliphatic carbocycles. The number of benzene rings is 4. The summed E-state index contributed by atoms with van der Waals surface area (Å²) in [5.74, 6) is -12.0. The maximum absolute atomic E-state index is 15.8. The number of aliphatic carboxylic acids is 2. The first kappa shape index (κ1) is 38.6. The van der Waals surface area contributed by atoms with Crippen LogP contribution in [-0.4, -0.2) is 53.3 Å². The molecule has 0 radical (unpaired) electrons. The van der Waals surface area contributed by atoms with Gasteiger partial charge in [0.25, 0.3) is 11.8 Å². The van der Waals surface area contributed by atoms with Gasteiger partial charge >= 0.3 is 11.9 Å². The van der Waals surface area contributed by atoms with E-state index in [2.05, 4.69) is 0 Å². The third-order valence-corrected chi connectivity index (χ3v) is 10.9. The molecular formula is C38H26Cl4F2N2O8. The Bertz CT molecular complexity index is 2420. The number of carbonyl (C=O) groups excluding carboxylic acids is 2. The number of aromatic nitrogens is 2. The van der Waals surface area contributed by atoms with Crippen molar-refractivity contribution in [2.45, 2.75) is 38.5 Å². The quantitative estimate of drug-likeness (QED) is 0.112. The average molecular weight is 818 g/mol. The molecule has 0 amide bonds. The van der Waals surface area contributed by atoms with Crippen LogP contribution in [0, 0.1) is 25.5 Å². The Morgan fingerprint density at radius 1 is 0.593 bits per heavy atom. The number of hydrogen-bond donors (Lipinski definition) is 4. The van der Waals surface area contributed by atoms with E-state index in [1.165, 1.54) is 62.4 Å². The van der Waals surface area contributed by atoms with Crippen LogP contribution < -0.4 is 0 Å². The molecule has 278 valence electrons. The molecule has 0 spiro atoms. The van der Waals surface area contributed by atoms with E-state index in [4.69, 9.17) is 46.4 Å². The molecule has 6 rings (SSSR count). The molecule has 16 heteroatoms. The molecule has 2 unspecified atom stereocenters. The molecular weight excluding hydrogens is 792 g/mol. The highest BCUT2D eigenvalue weighted by molar-refractivity contribution is 6.42. The van der Waals surface area contributed by atoms with Gasteiger partial charge < -0.3 is 20.4 Å². The summed E-state index contributed by atoms with van der Waals surface area (Å²) in [6.45, 7) is 2.74. The zero-order chi connectivity index (χ0) is 39.5. The van der Waals surface area contributed by atoms with Crippen LogP contribution >= 0.6 is 46.4 Å². The highest BCUT2D eigenvalue weighted by Crippen LogP contribution is 2.43. The monoisotopic (exact) mass is 816 g/mol. The lowest BCUT2D eigenvalue weighted by molar-refractivity contribution is -0.141. The first-order valence-electron chi connectivity index (χ1n) is 16.0. The van der Waals surface area contributed by atoms with E-state index in [0.717, 1.165) is 21.3 Å². The van der Waals surface area contributed by atoms with Gasteiger partial charge in [-0.1, -0.05) is 46.4 Å². The minimum atomic E-state index is -1.68. The normalized spacial score (nSPS) is 12.7. The topological polar surface area (TPSA) is 159 Å². The predicted molar refractivity (Wildman–Crippen MR) is 199 cm³/mol. The Balaban J connectivity index is 1.49. The SMILES string of the molecule is Cc1c(C(CCC(C(=O)O)c2c(C)n(C(=O)c3ccc(Cl)c(Cl)c3)c3ccc(O)c(F)c23)C(=O)O)c2c(F)c(O)ccc2n1C(=O)c1ccc(Cl)c(Cl)c1. The van der Waals surface area contributed by atoms with E-state index >= 15 is 8.78 Å². The molecule has 0 bridgehead atoms. The van der Waals surface area contributed by atoms with Gasteiger partial charge in [0, 0.05) is 33.3 Å². The first-order chi connectivity index (χ1) is 25.5. The van der Waals surface area contributed by atoms with E-state index in [1.54, 1.807) is 0 Å². The number of carbonyl (C=O) groups is 4. The van der Waals surface area contributed by atoms with Gasteiger partial charge in [-0.05, 0) is 98.5 Å². The summed E-state index contributed by atoms with van der Waals surface area (Å²) < 4.78 is 33.7.